The first kappa shape index (κ1) is 16.5. The van der Waals surface area contributed by atoms with Crippen molar-refractivity contribution in [2.24, 2.45) is 5.92 Å². The quantitative estimate of drug-likeness (QED) is 0.768. The molecule has 4 heteroatoms. The van der Waals surface area contributed by atoms with Crippen molar-refractivity contribution in [3.63, 3.8) is 0 Å². The summed E-state index contributed by atoms with van der Waals surface area (Å²) in [6.45, 7) is 5.58. The predicted octanol–water partition coefficient (Wildman–Crippen LogP) is 3.34. The fraction of sp³-hybridized carbons (Fsp3) is 0.600. The zero-order valence-corrected chi connectivity index (χ0v) is 13.5. The van der Waals surface area contributed by atoms with Gasteiger partial charge in [0, 0.05) is 17.6 Å². The molecule has 0 aromatic heterocycles. The van der Waals surface area contributed by atoms with E-state index in [1.165, 1.54) is 0 Å². The zero-order chi connectivity index (χ0) is 14.3. The highest BCUT2D eigenvalue weighted by Gasteiger charge is 2.14. The molecule has 0 bridgehead atoms. The highest BCUT2D eigenvalue weighted by atomic mass is 79.9. The van der Waals surface area contributed by atoms with Crippen LogP contribution in [0.2, 0.25) is 0 Å². The molecule has 1 atom stereocenters. The van der Waals surface area contributed by atoms with Crippen LogP contribution in [-0.4, -0.2) is 24.9 Å². The minimum absolute atomic E-state index is 0.278. The molecule has 0 saturated heterocycles. The summed E-state index contributed by atoms with van der Waals surface area (Å²) in [5.74, 6) is 1.22. The smallest absolute Gasteiger partial charge is 0.119 e. The van der Waals surface area contributed by atoms with E-state index in [-0.39, 0.29) is 6.10 Å². The molecule has 2 N–H and O–H groups in total. The third kappa shape index (κ3) is 5.13. The number of aliphatic hydroxyl groups excluding tert-OH is 1. The van der Waals surface area contributed by atoms with E-state index >= 15 is 0 Å². The molecular formula is C15H24BrNO2. The van der Waals surface area contributed by atoms with Crippen LogP contribution in [-0.2, 0) is 6.54 Å². The van der Waals surface area contributed by atoms with Crippen LogP contribution in [0.4, 0.5) is 0 Å². The maximum Gasteiger partial charge on any atom is 0.119 e. The van der Waals surface area contributed by atoms with E-state index in [0.29, 0.717) is 12.5 Å². The van der Waals surface area contributed by atoms with Gasteiger partial charge in [-0.25, -0.2) is 0 Å². The Labute approximate surface area is 124 Å². The fourth-order valence-electron chi connectivity index (χ4n) is 2.17. The molecule has 1 aromatic rings. The lowest BCUT2D eigenvalue weighted by Gasteiger charge is -2.20. The Balaban J connectivity index is 2.48. The number of rotatable bonds is 8. The van der Waals surface area contributed by atoms with E-state index in [4.69, 9.17) is 4.74 Å². The number of benzene rings is 1. The van der Waals surface area contributed by atoms with Crippen molar-refractivity contribution in [1.29, 1.82) is 0 Å². The molecule has 1 unspecified atom stereocenters. The summed E-state index contributed by atoms with van der Waals surface area (Å²) in [6.07, 6.45) is 1.75. The van der Waals surface area contributed by atoms with Crippen LogP contribution in [0.3, 0.4) is 0 Å². The third-order valence-corrected chi connectivity index (χ3v) is 4.29. The molecule has 0 spiro atoms. The van der Waals surface area contributed by atoms with Crippen LogP contribution >= 0.6 is 15.9 Å². The van der Waals surface area contributed by atoms with E-state index in [1.807, 2.05) is 18.2 Å². The SMILES string of the molecule is CCC(CC)C(O)CNCc1cc(OC)ccc1Br. The monoisotopic (exact) mass is 329 g/mol. The summed E-state index contributed by atoms with van der Waals surface area (Å²) in [6, 6.07) is 5.90. The molecule has 0 aliphatic carbocycles. The van der Waals surface area contributed by atoms with Crippen molar-refractivity contribution in [3.05, 3.63) is 28.2 Å². The Morgan fingerprint density at radius 3 is 2.58 bits per heavy atom. The highest BCUT2D eigenvalue weighted by Crippen LogP contribution is 2.22. The molecule has 108 valence electrons. The Kier molecular flexibility index (Phi) is 7.42. The molecule has 0 saturated carbocycles. The first-order valence-corrected chi connectivity index (χ1v) is 7.62. The van der Waals surface area contributed by atoms with Crippen LogP contribution in [0.15, 0.2) is 22.7 Å². The van der Waals surface area contributed by atoms with Crippen LogP contribution < -0.4 is 10.1 Å². The van der Waals surface area contributed by atoms with Gasteiger partial charge in [-0.2, -0.15) is 0 Å². The van der Waals surface area contributed by atoms with Crippen molar-refractivity contribution in [2.45, 2.75) is 39.3 Å². The molecule has 1 rings (SSSR count). The van der Waals surface area contributed by atoms with Gasteiger partial charge in [-0.15, -0.1) is 0 Å². The van der Waals surface area contributed by atoms with Crippen molar-refractivity contribution < 1.29 is 9.84 Å². The van der Waals surface area contributed by atoms with Crippen molar-refractivity contribution in [2.75, 3.05) is 13.7 Å². The van der Waals surface area contributed by atoms with E-state index in [1.54, 1.807) is 7.11 Å². The Morgan fingerprint density at radius 1 is 1.32 bits per heavy atom. The molecule has 0 radical (unpaired) electrons. The van der Waals surface area contributed by atoms with Gasteiger partial charge in [0.1, 0.15) is 5.75 Å². The second-order valence-corrected chi connectivity index (χ2v) is 5.59. The number of halogens is 1. The van der Waals surface area contributed by atoms with Gasteiger partial charge in [0.25, 0.3) is 0 Å². The van der Waals surface area contributed by atoms with Crippen LogP contribution in [0, 0.1) is 5.92 Å². The van der Waals surface area contributed by atoms with Crippen LogP contribution in [0.5, 0.6) is 5.75 Å². The predicted molar refractivity (Wildman–Crippen MR) is 82.5 cm³/mol. The third-order valence-electron chi connectivity index (χ3n) is 3.51. The zero-order valence-electron chi connectivity index (χ0n) is 11.9. The summed E-state index contributed by atoms with van der Waals surface area (Å²) in [5.41, 5.74) is 1.14. The summed E-state index contributed by atoms with van der Waals surface area (Å²) >= 11 is 3.53. The maximum absolute atomic E-state index is 10.1. The van der Waals surface area contributed by atoms with Gasteiger partial charge in [0.05, 0.1) is 13.2 Å². The minimum atomic E-state index is -0.278. The van der Waals surface area contributed by atoms with Crippen molar-refractivity contribution >= 4 is 15.9 Å². The van der Waals surface area contributed by atoms with Crippen LogP contribution in [0.25, 0.3) is 0 Å². The number of methoxy groups -OCH3 is 1. The first-order chi connectivity index (χ1) is 9.12. The van der Waals surface area contributed by atoms with Gasteiger partial charge in [-0.05, 0) is 29.7 Å². The molecule has 0 amide bonds. The number of nitrogens with one attached hydrogen (secondary N) is 1. The average molecular weight is 330 g/mol. The molecule has 0 aliphatic heterocycles. The van der Waals surface area contributed by atoms with Gasteiger partial charge in [0.15, 0.2) is 0 Å². The molecule has 3 nitrogen and oxygen atoms in total. The van der Waals surface area contributed by atoms with Gasteiger partial charge < -0.3 is 15.2 Å². The van der Waals surface area contributed by atoms with E-state index < -0.39 is 0 Å². The van der Waals surface area contributed by atoms with E-state index in [0.717, 1.165) is 35.2 Å². The fourth-order valence-corrected chi connectivity index (χ4v) is 2.55. The lowest BCUT2D eigenvalue weighted by molar-refractivity contribution is 0.101. The summed E-state index contributed by atoms with van der Waals surface area (Å²) in [7, 11) is 1.66. The molecular weight excluding hydrogens is 306 g/mol. The van der Waals surface area contributed by atoms with Gasteiger partial charge >= 0.3 is 0 Å². The number of hydrogen-bond donors (Lipinski definition) is 2. The normalized spacial score (nSPS) is 12.7. The standard InChI is InChI=1S/C15H24BrNO2/c1-4-11(5-2)15(18)10-17-9-12-8-13(19-3)6-7-14(12)16/h6-8,11,15,17-18H,4-5,9-10H2,1-3H3. The number of ether oxygens (including phenoxy) is 1. The molecule has 1 aromatic carbocycles. The maximum atomic E-state index is 10.1. The minimum Gasteiger partial charge on any atom is -0.497 e. The van der Waals surface area contributed by atoms with E-state index in [9.17, 15) is 5.11 Å². The molecule has 0 fully saturated rings. The largest absolute Gasteiger partial charge is 0.497 e. The Bertz CT molecular complexity index is 380. The summed E-state index contributed by atoms with van der Waals surface area (Å²) in [4.78, 5) is 0. The topological polar surface area (TPSA) is 41.5 Å². The first-order valence-electron chi connectivity index (χ1n) is 6.83. The number of hydrogen-bond acceptors (Lipinski definition) is 3. The highest BCUT2D eigenvalue weighted by molar-refractivity contribution is 9.10. The Morgan fingerprint density at radius 2 is 2.00 bits per heavy atom. The van der Waals surface area contributed by atoms with E-state index in [2.05, 4.69) is 35.1 Å². The van der Waals surface area contributed by atoms with Crippen molar-refractivity contribution in [3.8, 4) is 5.75 Å². The van der Waals surface area contributed by atoms with Gasteiger partial charge in [-0.3, -0.25) is 0 Å². The van der Waals surface area contributed by atoms with Gasteiger partial charge in [0.2, 0.25) is 0 Å². The molecule has 0 aliphatic rings. The number of aliphatic hydroxyl groups is 1. The summed E-state index contributed by atoms with van der Waals surface area (Å²) in [5, 5.41) is 13.4. The lowest BCUT2D eigenvalue weighted by atomic mass is 9.96. The summed E-state index contributed by atoms with van der Waals surface area (Å²) < 4.78 is 6.27. The van der Waals surface area contributed by atoms with Crippen LogP contribution in [0.1, 0.15) is 32.3 Å². The molecule has 0 heterocycles. The average Bonchev–Trinajstić information content (AvgIpc) is 2.42. The van der Waals surface area contributed by atoms with Crippen molar-refractivity contribution in [1.82, 2.24) is 5.32 Å². The van der Waals surface area contributed by atoms with Gasteiger partial charge in [-0.1, -0.05) is 42.6 Å². The lowest BCUT2D eigenvalue weighted by Crippen LogP contribution is -2.32. The Hall–Kier alpha value is -0.580. The second-order valence-electron chi connectivity index (χ2n) is 4.73. The second kappa shape index (κ2) is 8.56. The molecule has 19 heavy (non-hydrogen) atoms.